The molecule has 0 saturated carbocycles. The number of fused-ring (bicyclic) bond motifs is 1. The van der Waals surface area contributed by atoms with Crippen LogP contribution in [-0.4, -0.2) is 0 Å². The number of aryl methyl sites for hydroxylation is 1. The van der Waals surface area contributed by atoms with Gasteiger partial charge in [-0.1, -0.05) is 42.8 Å². The van der Waals surface area contributed by atoms with Crippen LogP contribution in [0.5, 0.6) is 0 Å². The molecule has 12 heavy (non-hydrogen) atoms. The normalized spacial score (nSPS) is 19.7. The predicted octanol–water partition coefficient (Wildman–Crippen LogP) is 3.52. The topological polar surface area (TPSA) is 0 Å². The molecule has 1 aromatic carbocycles. The lowest BCUT2D eigenvalue weighted by atomic mass is 9.97. The van der Waals surface area contributed by atoms with E-state index >= 15 is 0 Å². The van der Waals surface area contributed by atoms with Crippen LogP contribution in [-0.2, 0) is 0 Å². The highest BCUT2D eigenvalue weighted by Crippen LogP contribution is 2.32. The first-order valence-corrected chi connectivity index (χ1v) is 4.60. The third-order valence-electron chi connectivity index (χ3n) is 2.59. The monoisotopic (exact) mass is 158 g/mol. The summed E-state index contributed by atoms with van der Waals surface area (Å²) < 4.78 is 0. The van der Waals surface area contributed by atoms with Crippen LogP contribution in [0.3, 0.4) is 0 Å². The van der Waals surface area contributed by atoms with Gasteiger partial charge < -0.3 is 0 Å². The van der Waals surface area contributed by atoms with Crippen LogP contribution in [0.4, 0.5) is 0 Å². The molecule has 1 aliphatic carbocycles. The van der Waals surface area contributed by atoms with Crippen LogP contribution in [0.2, 0.25) is 0 Å². The first-order valence-electron chi connectivity index (χ1n) is 4.60. The van der Waals surface area contributed by atoms with Gasteiger partial charge in [-0.25, -0.2) is 0 Å². The fourth-order valence-corrected chi connectivity index (χ4v) is 1.85. The van der Waals surface area contributed by atoms with Crippen molar-refractivity contribution in [1.29, 1.82) is 0 Å². The highest BCUT2D eigenvalue weighted by molar-refractivity contribution is 5.62. The largest absolute Gasteiger partial charge is 0.0764 e. The molecule has 0 aliphatic heterocycles. The molecule has 0 N–H and O–H groups in total. The highest BCUT2D eigenvalue weighted by Gasteiger charge is 2.14. The van der Waals surface area contributed by atoms with Crippen molar-refractivity contribution in [1.82, 2.24) is 0 Å². The second-order valence-electron chi connectivity index (χ2n) is 3.51. The van der Waals surface area contributed by atoms with Crippen LogP contribution in [0.15, 0.2) is 24.3 Å². The maximum atomic E-state index is 2.31. The summed E-state index contributed by atoms with van der Waals surface area (Å²) in [5.74, 6) is 0.667. The molecule has 0 heterocycles. The van der Waals surface area contributed by atoms with Gasteiger partial charge in [-0.3, -0.25) is 0 Å². The molecule has 1 atom stereocenters. The van der Waals surface area contributed by atoms with E-state index in [2.05, 4.69) is 44.2 Å². The molecule has 0 radical (unpaired) electrons. The van der Waals surface area contributed by atoms with Crippen molar-refractivity contribution in [2.45, 2.75) is 26.2 Å². The zero-order chi connectivity index (χ0) is 8.55. The molecule has 1 unspecified atom stereocenters. The zero-order valence-electron chi connectivity index (χ0n) is 7.67. The van der Waals surface area contributed by atoms with E-state index in [4.69, 9.17) is 0 Å². The highest BCUT2D eigenvalue weighted by atomic mass is 14.2. The Bertz CT molecular complexity index is 321. The van der Waals surface area contributed by atoms with Gasteiger partial charge in [-0.2, -0.15) is 0 Å². The van der Waals surface area contributed by atoms with Gasteiger partial charge in [0.15, 0.2) is 0 Å². The van der Waals surface area contributed by atoms with Crippen molar-refractivity contribution < 1.29 is 0 Å². The Balaban J connectivity index is 2.48. The fourth-order valence-electron chi connectivity index (χ4n) is 1.85. The van der Waals surface area contributed by atoms with Gasteiger partial charge in [-0.05, 0) is 24.5 Å². The van der Waals surface area contributed by atoms with E-state index in [1.54, 1.807) is 0 Å². The van der Waals surface area contributed by atoms with Gasteiger partial charge in [0, 0.05) is 5.92 Å². The molecule has 1 aromatic rings. The molecule has 0 aromatic heterocycles. The van der Waals surface area contributed by atoms with Crippen molar-refractivity contribution in [2.24, 2.45) is 0 Å². The van der Waals surface area contributed by atoms with Crippen LogP contribution >= 0.6 is 0 Å². The molecule has 0 amide bonds. The summed E-state index contributed by atoms with van der Waals surface area (Å²) in [5, 5.41) is 0. The average molecular weight is 158 g/mol. The van der Waals surface area contributed by atoms with E-state index in [0.717, 1.165) is 0 Å². The minimum atomic E-state index is 0.667. The van der Waals surface area contributed by atoms with Gasteiger partial charge >= 0.3 is 0 Å². The molecular weight excluding hydrogens is 144 g/mol. The van der Waals surface area contributed by atoms with Crippen molar-refractivity contribution >= 4 is 6.08 Å². The van der Waals surface area contributed by atoms with Crippen molar-refractivity contribution in [3.05, 3.63) is 41.0 Å². The zero-order valence-corrected chi connectivity index (χ0v) is 7.67. The summed E-state index contributed by atoms with van der Waals surface area (Å²) >= 11 is 0. The Hall–Kier alpha value is -1.04. The molecule has 1 aliphatic rings. The van der Waals surface area contributed by atoms with Crippen LogP contribution in [0, 0.1) is 6.92 Å². The Labute approximate surface area is 73.9 Å². The molecule has 0 nitrogen and oxygen atoms in total. The first kappa shape index (κ1) is 7.60. The number of hydrogen-bond donors (Lipinski definition) is 0. The summed E-state index contributed by atoms with van der Waals surface area (Å²) in [4.78, 5) is 0. The minimum Gasteiger partial charge on any atom is -0.0764 e. The van der Waals surface area contributed by atoms with E-state index in [1.165, 1.54) is 23.1 Å². The average Bonchev–Trinajstić information content (AvgIpc) is 2.46. The maximum absolute atomic E-state index is 2.31. The third kappa shape index (κ3) is 1.08. The van der Waals surface area contributed by atoms with Crippen LogP contribution in [0.25, 0.3) is 6.08 Å². The van der Waals surface area contributed by atoms with Crippen LogP contribution < -0.4 is 0 Å². The standard InChI is InChI=1S/C12H14/c1-3-10-6-7-11-5-4-9(2)8-12(10)11/h4-8,10H,3H2,1-2H3. The van der Waals surface area contributed by atoms with Gasteiger partial charge in [0.2, 0.25) is 0 Å². The molecule has 0 heteroatoms. The quantitative estimate of drug-likeness (QED) is 0.586. The number of allylic oxidation sites excluding steroid dienone is 1. The SMILES string of the molecule is CCC1C=Cc2ccc(C)cc21. The van der Waals surface area contributed by atoms with E-state index < -0.39 is 0 Å². The maximum Gasteiger partial charge on any atom is 0.00247 e. The Kier molecular flexibility index (Phi) is 1.76. The lowest BCUT2D eigenvalue weighted by Gasteiger charge is -2.08. The minimum absolute atomic E-state index is 0.667. The van der Waals surface area contributed by atoms with Crippen molar-refractivity contribution in [2.75, 3.05) is 0 Å². The Morgan fingerprint density at radius 3 is 2.92 bits per heavy atom. The number of rotatable bonds is 1. The number of benzene rings is 1. The summed E-state index contributed by atoms with van der Waals surface area (Å²) in [5.41, 5.74) is 4.29. The summed E-state index contributed by atoms with van der Waals surface area (Å²) in [7, 11) is 0. The predicted molar refractivity (Wildman–Crippen MR) is 53.2 cm³/mol. The van der Waals surface area contributed by atoms with Gasteiger partial charge in [0.1, 0.15) is 0 Å². The smallest absolute Gasteiger partial charge is 0.00247 e. The molecule has 0 fully saturated rings. The van der Waals surface area contributed by atoms with Gasteiger partial charge in [-0.15, -0.1) is 0 Å². The lowest BCUT2D eigenvalue weighted by molar-refractivity contribution is 0.817. The van der Waals surface area contributed by atoms with Gasteiger partial charge in [0.05, 0.1) is 0 Å². The Morgan fingerprint density at radius 2 is 2.17 bits per heavy atom. The lowest BCUT2D eigenvalue weighted by Crippen LogP contribution is -1.91. The second kappa shape index (κ2) is 2.78. The van der Waals surface area contributed by atoms with E-state index in [9.17, 15) is 0 Å². The molecule has 0 bridgehead atoms. The van der Waals surface area contributed by atoms with Crippen molar-refractivity contribution in [3.63, 3.8) is 0 Å². The summed E-state index contributed by atoms with van der Waals surface area (Å²) in [6, 6.07) is 6.71. The molecule has 0 saturated heterocycles. The first-order chi connectivity index (χ1) is 5.81. The Morgan fingerprint density at radius 1 is 1.33 bits per heavy atom. The number of hydrogen-bond acceptors (Lipinski definition) is 0. The molecule has 0 spiro atoms. The van der Waals surface area contributed by atoms with Crippen molar-refractivity contribution in [3.8, 4) is 0 Å². The molecular formula is C12H14. The second-order valence-corrected chi connectivity index (χ2v) is 3.51. The van der Waals surface area contributed by atoms with E-state index in [0.29, 0.717) is 5.92 Å². The molecule has 2 rings (SSSR count). The third-order valence-corrected chi connectivity index (χ3v) is 2.59. The van der Waals surface area contributed by atoms with Gasteiger partial charge in [0.25, 0.3) is 0 Å². The summed E-state index contributed by atoms with van der Waals surface area (Å²) in [6.45, 7) is 4.40. The fraction of sp³-hybridized carbons (Fsp3) is 0.333. The van der Waals surface area contributed by atoms with Crippen LogP contribution in [0.1, 0.15) is 36.0 Å². The molecule has 62 valence electrons. The van der Waals surface area contributed by atoms with E-state index in [-0.39, 0.29) is 0 Å². The summed E-state index contributed by atoms with van der Waals surface area (Å²) in [6.07, 6.45) is 5.76. The van der Waals surface area contributed by atoms with E-state index in [1.807, 2.05) is 0 Å².